The first-order valence-corrected chi connectivity index (χ1v) is 5.42. The number of nitro groups is 1. The first kappa shape index (κ1) is 12.7. The van der Waals surface area contributed by atoms with Gasteiger partial charge in [-0.15, -0.1) is 11.6 Å². The minimum absolute atomic E-state index is 0.0880. The third kappa shape index (κ3) is 2.80. The van der Waals surface area contributed by atoms with Crippen LogP contribution in [0, 0.1) is 16.0 Å². The number of alkyl halides is 1. The Balaban J connectivity index is 2.72. The summed E-state index contributed by atoms with van der Waals surface area (Å²) in [4.78, 5) is 10.6. The summed E-state index contributed by atoms with van der Waals surface area (Å²) < 4.78 is 10.4. The number of rotatable bonds is 4. The van der Waals surface area contributed by atoms with Crippen LogP contribution in [0.4, 0.5) is 0 Å². The van der Waals surface area contributed by atoms with E-state index in [-0.39, 0.29) is 23.0 Å². The second-order valence-electron chi connectivity index (χ2n) is 3.79. The molecule has 15 heavy (non-hydrogen) atoms. The molecule has 4 unspecified atom stereocenters. The summed E-state index contributed by atoms with van der Waals surface area (Å²) in [6.45, 7) is 0. The Kier molecular flexibility index (Phi) is 4.76. The lowest BCUT2D eigenvalue weighted by Crippen LogP contribution is -2.47. The molecule has 1 rings (SSSR count). The lowest BCUT2D eigenvalue weighted by molar-refractivity contribution is -0.538. The second-order valence-corrected chi connectivity index (χ2v) is 4.10. The van der Waals surface area contributed by atoms with Gasteiger partial charge in [-0.05, 0) is 6.42 Å². The Morgan fingerprint density at radius 1 is 1.33 bits per heavy atom. The Labute approximate surface area is 93.8 Å². The zero-order chi connectivity index (χ0) is 11.4. The van der Waals surface area contributed by atoms with Gasteiger partial charge in [0.1, 0.15) is 0 Å². The fraction of sp³-hybridized carbons (Fsp3) is 1.00. The van der Waals surface area contributed by atoms with Gasteiger partial charge in [0.05, 0.1) is 12.2 Å². The van der Waals surface area contributed by atoms with Crippen molar-refractivity contribution < 1.29 is 14.4 Å². The SMILES string of the molecule is COC1CC(CCl)C([N+](=O)[O-])CC1OC. The van der Waals surface area contributed by atoms with Gasteiger partial charge in [-0.2, -0.15) is 0 Å². The van der Waals surface area contributed by atoms with Crippen molar-refractivity contribution >= 4 is 11.6 Å². The van der Waals surface area contributed by atoms with E-state index >= 15 is 0 Å². The van der Waals surface area contributed by atoms with E-state index in [1.54, 1.807) is 14.2 Å². The van der Waals surface area contributed by atoms with Gasteiger partial charge in [-0.1, -0.05) is 0 Å². The van der Waals surface area contributed by atoms with E-state index in [0.29, 0.717) is 18.7 Å². The summed E-state index contributed by atoms with van der Waals surface area (Å²) in [5.41, 5.74) is 0. The molecule has 0 aromatic carbocycles. The summed E-state index contributed by atoms with van der Waals surface area (Å²) in [5, 5.41) is 10.8. The maximum atomic E-state index is 10.8. The molecule has 0 N–H and O–H groups in total. The Morgan fingerprint density at radius 2 is 1.87 bits per heavy atom. The number of methoxy groups -OCH3 is 2. The highest BCUT2D eigenvalue weighted by Crippen LogP contribution is 2.30. The van der Waals surface area contributed by atoms with E-state index in [0.717, 1.165) is 0 Å². The van der Waals surface area contributed by atoms with Gasteiger partial charge in [-0.25, -0.2) is 0 Å². The molecule has 1 aliphatic rings. The van der Waals surface area contributed by atoms with Gasteiger partial charge in [0.15, 0.2) is 0 Å². The van der Waals surface area contributed by atoms with E-state index in [1.807, 2.05) is 0 Å². The monoisotopic (exact) mass is 237 g/mol. The average Bonchev–Trinajstić information content (AvgIpc) is 2.26. The minimum atomic E-state index is -0.612. The zero-order valence-corrected chi connectivity index (χ0v) is 9.64. The molecule has 1 saturated carbocycles. The number of halogens is 1. The normalized spacial score (nSPS) is 36.5. The highest BCUT2D eigenvalue weighted by molar-refractivity contribution is 6.18. The van der Waals surface area contributed by atoms with Gasteiger partial charge >= 0.3 is 0 Å². The number of hydrogen-bond donors (Lipinski definition) is 0. The molecule has 0 saturated heterocycles. The lowest BCUT2D eigenvalue weighted by atomic mass is 9.82. The smallest absolute Gasteiger partial charge is 0.219 e. The molecule has 0 spiro atoms. The maximum absolute atomic E-state index is 10.8. The predicted octanol–water partition coefficient (Wildman–Crippen LogP) is 1.31. The molecule has 88 valence electrons. The molecular formula is C9H16ClNO4. The summed E-state index contributed by atoms with van der Waals surface area (Å²) in [7, 11) is 3.14. The summed E-state index contributed by atoms with van der Waals surface area (Å²) in [6, 6.07) is -0.612. The van der Waals surface area contributed by atoms with Gasteiger partial charge in [0.25, 0.3) is 0 Å². The van der Waals surface area contributed by atoms with Gasteiger partial charge in [0, 0.05) is 37.4 Å². The van der Waals surface area contributed by atoms with E-state index in [2.05, 4.69) is 0 Å². The highest BCUT2D eigenvalue weighted by atomic mass is 35.5. The molecule has 6 heteroatoms. The molecular weight excluding hydrogens is 222 g/mol. The van der Waals surface area contributed by atoms with Crippen molar-refractivity contribution in [3.05, 3.63) is 10.1 Å². The molecule has 1 fully saturated rings. The molecule has 1 aliphatic carbocycles. The standard InChI is InChI=1S/C9H16ClNO4/c1-14-8-3-6(5-10)7(11(12)13)4-9(8)15-2/h6-9H,3-5H2,1-2H3. The van der Waals surface area contributed by atoms with Crippen LogP contribution in [0.5, 0.6) is 0 Å². The van der Waals surface area contributed by atoms with E-state index in [1.165, 1.54) is 0 Å². The summed E-state index contributed by atoms with van der Waals surface area (Å²) in [6.07, 6.45) is 0.670. The fourth-order valence-electron chi connectivity index (χ4n) is 2.11. The van der Waals surface area contributed by atoms with Crippen molar-refractivity contribution in [1.29, 1.82) is 0 Å². The molecule has 0 aromatic heterocycles. The van der Waals surface area contributed by atoms with Crippen molar-refractivity contribution in [1.82, 2.24) is 0 Å². The molecule has 4 atom stereocenters. The Morgan fingerprint density at radius 3 is 2.27 bits per heavy atom. The Hall–Kier alpha value is -0.390. The first-order chi connectivity index (χ1) is 7.13. The van der Waals surface area contributed by atoms with Crippen LogP contribution in [-0.4, -0.2) is 43.3 Å². The van der Waals surface area contributed by atoms with Crippen molar-refractivity contribution in [3.63, 3.8) is 0 Å². The first-order valence-electron chi connectivity index (χ1n) is 4.89. The molecule has 0 aliphatic heterocycles. The number of ether oxygens (including phenoxy) is 2. The van der Waals surface area contributed by atoms with Gasteiger partial charge < -0.3 is 9.47 Å². The topological polar surface area (TPSA) is 61.6 Å². The van der Waals surface area contributed by atoms with Crippen LogP contribution in [0.3, 0.4) is 0 Å². The van der Waals surface area contributed by atoms with Gasteiger partial charge in [-0.3, -0.25) is 10.1 Å². The van der Waals surface area contributed by atoms with E-state index in [9.17, 15) is 10.1 Å². The largest absolute Gasteiger partial charge is 0.379 e. The molecule has 0 radical (unpaired) electrons. The van der Waals surface area contributed by atoms with Crippen LogP contribution in [0.25, 0.3) is 0 Å². The molecule has 0 bridgehead atoms. The summed E-state index contributed by atoms with van der Waals surface area (Å²) >= 11 is 5.73. The molecule has 5 nitrogen and oxygen atoms in total. The van der Waals surface area contributed by atoms with E-state index < -0.39 is 6.04 Å². The summed E-state index contributed by atoms with van der Waals surface area (Å²) in [5.74, 6) is 0.167. The van der Waals surface area contributed by atoms with Crippen LogP contribution in [-0.2, 0) is 9.47 Å². The molecule has 0 heterocycles. The quantitative estimate of drug-likeness (QED) is 0.420. The van der Waals surface area contributed by atoms with Crippen LogP contribution in [0.2, 0.25) is 0 Å². The number of hydrogen-bond acceptors (Lipinski definition) is 4. The highest BCUT2D eigenvalue weighted by Gasteiger charge is 2.43. The Bertz CT molecular complexity index is 226. The van der Waals surface area contributed by atoms with Crippen molar-refractivity contribution in [2.45, 2.75) is 31.1 Å². The third-order valence-electron chi connectivity index (χ3n) is 3.04. The minimum Gasteiger partial charge on any atom is -0.379 e. The van der Waals surface area contributed by atoms with Gasteiger partial charge in [0.2, 0.25) is 6.04 Å². The van der Waals surface area contributed by atoms with Crippen molar-refractivity contribution in [2.24, 2.45) is 5.92 Å². The van der Waals surface area contributed by atoms with Crippen LogP contribution >= 0.6 is 11.6 Å². The molecule has 0 aromatic rings. The second kappa shape index (κ2) is 5.63. The van der Waals surface area contributed by atoms with Crippen LogP contribution < -0.4 is 0 Å². The van der Waals surface area contributed by atoms with Crippen molar-refractivity contribution in [2.75, 3.05) is 20.1 Å². The van der Waals surface area contributed by atoms with Crippen molar-refractivity contribution in [3.8, 4) is 0 Å². The fourth-order valence-corrected chi connectivity index (χ4v) is 2.44. The number of nitrogens with zero attached hydrogens (tertiary/aromatic N) is 1. The van der Waals surface area contributed by atoms with Crippen LogP contribution in [0.1, 0.15) is 12.8 Å². The third-order valence-corrected chi connectivity index (χ3v) is 3.44. The zero-order valence-electron chi connectivity index (χ0n) is 8.89. The maximum Gasteiger partial charge on any atom is 0.219 e. The van der Waals surface area contributed by atoms with E-state index in [4.69, 9.17) is 21.1 Å². The predicted molar refractivity (Wildman–Crippen MR) is 55.8 cm³/mol. The average molecular weight is 238 g/mol. The lowest BCUT2D eigenvalue weighted by Gasteiger charge is -2.35. The molecule has 0 amide bonds. The van der Waals surface area contributed by atoms with Crippen LogP contribution in [0.15, 0.2) is 0 Å².